The summed E-state index contributed by atoms with van der Waals surface area (Å²) in [4.78, 5) is 30.8. The number of aromatic nitrogens is 1. The Morgan fingerprint density at radius 2 is 1.96 bits per heavy atom. The Morgan fingerprint density at radius 3 is 2.71 bits per heavy atom. The third-order valence-corrected chi connectivity index (χ3v) is 5.59. The van der Waals surface area contributed by atoms with Crippen LogP contribution in [0.4, 0.5) is 10.8 Å². The average Bonchev–Trinajstić information content (AvgIpc) is 3.11. The number of carbonyl (C=O) groups excluding carboxylic acids is 2. The van der Waals surface area contributed by atoms with E-state index in [0.29, 0.717) is 22.1 Å². The summed E-state index contributed by atoms with van der Waals surface area (Å²) in [5.74, 6) is 0.442. The van der Waals surface area contributed by atoms with Crippen molar-refractivity contribution < 1.29 is 14.3 Å². The van der Waals surface area contributed by atoms with Gasteiger partial charge in [0.2, 0.25) is 5.91 Å². The second-order valence-corrected chi connectivity index (χ2v) is 8.05. The molecular formula is C20H19N3O3S2. The van der Waals surface area contributed by atoms with Crippen LogP contribution < -0.4 is 15.4 Å². The summed E-state index contributed by atoms with van der Waals surface area (Å²) in [7, 11) is 1.58. The van der Waals surface area contributed by atoms with E-state index in [0.717, 1.165) is 9.77 Å². The molecule has 0 aliphatic carbocycles. The van der Waals surface area contributed by atoms with E-state index in [2.05, 4.69) is 15.6 Å². The highest BCUT2D eigenvalue weighted by atomic mass is 32.2. The Balaban J connectivity index is 1.62. The molecule has 0 saturated heterocycles. The van der Waals surface area contributed by atoms with E-state index >= 15 is 0 Å². The van der Waals surface area contributed by atoms with Crippen molar-refractivity contribution in [3.63, 3.8) is 0 Å². The monoisotopic (exact) mass is 413 g/mol. The van der Waals surface area contributed by atoms with Gasteiger partial charge in [-0.1, -0.05) is 18.2 Å². The van der Waals surface area contributed by atoms with Crippen molar-refractivity contribution >= 4 is 45.7 Å². The van der Waals surface area contributed by atoms with Gasteiger partial charge in [0.15, 0.2) is 5.13 Å². The molecule has 3 aromatic rings. The van der Waals surface area contributed by atoms with Crippen LogP contribution in [0.25, 0.3) is 0 Å². The predicted molar refractivity (Wildman–Crippen MR) is 114 cm³/mol. The number of aryl methyl sites for hydroxylation is 1. The molecule has 0 saturated carbocycles. The Hall–Kier alpha value is -2.84. The Kier molecular flexibility index (Phi) is 6.67. The van der Waals surface area contributed by atoms with Crippen LogP contribution in [-0.4, -0.2) is 29.7 Å². The second kappa shape index (κ2) is 9.38. The molecule has 0 aliphatic heterocycles. The smallest absolute Gasteiger partial charge is 0.258 e. The number of nitrogens with one attached hydrogen (secondary N) is 2. The third kappa shape index (κ3) is 5.34. The van der Waals surface area contributed by atoms with Crippen molar-refractivity contribution in [3.05, 3.63) is 65.2 Å². The Labute approximate surface area is 171 Å². The van der Waals surface area contributed by atoms with Crippen LogP contribution >= 0.6 is 23.1 Å². The number of amides is 2. The molecule has 28 heavy (non-hydrogen) atoms. The quantitative estimate of drug-likeness (QED) is 0.560. The molecule has 0 aliphatic rings. The number of benzene rings is 2. The first kappa shape index (κ1) is 19.9. The maximum absolute atomic E-state index is 12.6. The zero-order valence-electron chi connectivity index (χ0n) is 15.4. The van der Waals surface area contributed by atoms with Crippen molar-refractivity contribution in [1.29, 1.82) is 0 Å². The minimum atomic E-state index is -0.245. The normalized spacial score (nSPS) is 10.4. The second-order valence-electron chi connectivity index (χ2n) is 5.80. The summed E-state index contributed by atoms with van der Waals surface area (Å²) in [5.41, 5.74) is 1.17. The van der Waals surface area contributed by atoms with E-state index < -0.39 is 0 Å². The fourth-order valence-electron chi connectivity index (χ4n) is 2.40. The van der Waals surface area contributed by atoms with E-state index in [4.69, 9.17) is 4.74 Å². The number of rotatable bonds is 7. The van der Waals surface area contributed by atoms with Gasteiger partial charge in [-0.05, 0) is 31.2 Å². The van der Waals surface area contributed by atoms with Crippen LogP contribution in [-0.2, 0) is 4.79 Å². The Morgan fingerprint density at radius 1 is 1.14 bits per heavy atom. The predicted octanol–water partition coefficient (Wildman–Crippen LogP) is 4.44. The van der Waals surface area contributed by atoms with Gasteiger partial charge < -0.3 is 10.1 Å². The zero-order valence-corrected chi connectivity index (χ0v) is 17.0. The first-order valence-corrected chi connectivity index (χ1v) is 10.2. The lowest BCUT2D eigenvalue weighted by Gasteiger charge is -2.09. The van der Waals surface area contributed by atoms with Crippen molar-refractivity contribution in [1.82, 2.24) is 4.98 Å². The number of methoxy groups -OCH3 is 1. The molecule has 0 fully saturated rings. The minimum Gasteiger partial charge on any atom is -0.497 e. The van der Waals surface area contributed by atoms with Gasteiger partial charge in [-0.25, -0.2) is 4.98 Å². The molecule has 0 spiro atoms. The highest BCUT2D eigenvalue weighted by molar-refractivity contribution is 8.00. The topological polar surface area (TPSA) is 80.3 Å². The third-order valence-electron chi connectivity index (χ3n) is 3.69. The molecule has 2 aromatic carbocycles. The number of anilines is 2. The summed E-state index contributed by atoms with van der Waals surface area (Å²) in [6, 6.07) is 14.4. The van der Waals surface area contributed by atoms with Crippen molar-refractivity contribution in [2.24, 2.45) is 0 Å². The SMILES string of the molecule is COc1cccc(NC(=O)CSc2ccccc2C(=O)Nc2ncc(C)s2)c1. The zero-order chi connectivity index (χ0) is 19.9. The maximum Gasteiger partial charge on any atom is 0.258 e. The van der Waals surface area contributed by atoms with Gasteiger partial charge in [-0.2, -0.15) is 0 Å². The van der Waals surface area contributed by atoms with Gasteiger partial charge in [0.1, 0.15) is 5.75 Å². The lowest BCUT2D eigenvalue weighted by molar-refractivity contribution is -0.113. The first-order valence-electron chi connectivity index (χ1n) is 8.44. The van der Waals surface area contributed by atoms with E-state index in [-0.39, 0.29) is 17.6 Å². The largest absolute Gasteiger partial charge is 0.497 e. The molecule has 0 atom stereocenters. The summed E-state index contributed by atoms with van der Waals surface area (Å²) in [5, 5.41) is 6.18. The highest BCUT2D eigenvalue weighted by Crippen LogP contribution is 2.25. The number of thioether (sulfide) groups is 1. The Bertz CT molecular complexity index is 988. The molecule has 0 radical (unpaired) electrons. The lowest BCUT2D eigenvalue weighted by atomic mass is 10.2. The van der Waals surface area contributed by atoms with Gasteiger partial charge in [-0.15, -0.1) is 23.1 Å². The van der Waals surface area contributed by atoms with E-state index in [1.165, 1.54) is 23.1 Å². The van der Waals surface area contributed by atoms with Gasteiger partial charge in [0.25, 0.3) is 5.91 Å². The fraction of sp³-hybridized carbons (Fsp3) is 0.150. The van der Waals surface area contributed by atoms with Gasteiger partial charge >= 0.3 is 0 Å². The molecule has 0 unspecified atom stereocenters. The number of carbonyl (C=O) groups is 2. The van der Waals surface area contributed by atoms with Crippen LogP contribution in [0, 0.1) is 6.92 Å². The molecule has 6 nitrogen and oxygen atoms in total. The van der Waals surface area contributed by atoms with Gasteiger partial charge in [-0.3, -0.25) is 14.9 Å². The minimum absolute atomic E-state index is 0.163. The molecule has 3 rings (SSSR count). The number of nitrogens with zero attached hydrogens (tertiary/aromatic N) is 1. The van der Waals surface area contributed by atoms with Crippen LogP contribution in [0.3, 0.4) is 0 Å². The molecule has 144 valence electrons. The molecule has 1 aromatic heterocycles. The molecule has 2 amide bonds. The number of hydrogen-bond donors (Lipinski definition) is 2. The number of ether oxygens (including phenoxy) is 1. The van der Waals surface area contributed by atoms with Crippen molar-refractivity contribution in [2.45, 2.75) is 11.8 Å². The fourth-order valence-corrected chi connectivity index (χ4v) is 3.91. The van der Waals surface area contributed by atoms with Gasteiger partial charge in [0, 0.05) is 27.7 Å². The van der Waals surface area contributed by atoms with Crippen molar-refractivity contribution in [3.8, 4) is 5.75 Å². The van der Waals surface area contributed by atoms with Gasteiger partial charge in [0.05, 0.1) is 18.4 Å². The molecule has 8 heteroatoms. The van der Waals surface area contributed by atoms with Crippen molar-refractivity contribution in [2.75, 3.05) is 23.5 Å². The summed E-state index contributed by atoms with van der Waals surface area (Å²) in [6.45, 7) is 1.93. The maximum atomic E-state index is 12.6. The first-order chi connectivity index (χ1) is 13.5. The lowest BCUT2D eigenvalue weighted by Crippen LogP contribution is -2.15. The molecular weight excluding hydrogens is 394 g/mol. The van der Waals surface area contributed by atoms with Crippen LogP contribution in [0.2, 0.25) is 0 Å². The highest BCUT2D eigenvalue weighted by Gasteiger charge is 2.14. The average molecular weight is 414 g/mol. The molecule has 1 heterocycles. The van der Waals surface area contributed by atoms with E-state index in [1.54, 1.807) is 37.6 Å². The number of thiazole rings is 1. The summed E-state index contributed by atoms with van der Waals surface area (Å²) >= 11 is 2.72. The molecule has 2 N–H and O–H groups in total. The standard InChI is InChI=1S/C20H19N3O3S2/c1-13-11-21-20(28-13)23-19(25)16-8-3-4-9-17(16)27-12-18(24)22-14-6-5-7-15(10-14)26-2/h3-11H,12H2,1-2H3,(H,22,24)(H,21,23,25). The van der Waals surface area contributed by atoms with E-state index in [1.807, 2.05) is 31.2 Å². The molecule has 0 bridgehead atoms. The van der Waals surface area contributed by atoms with Crippen LogP contribution in [0.15, 0.2) is 59.6 Å². The van der Waals surface area contributed by atoms with Crippen LogP contribution in [0.5, 0.6) is 5.75 Å². The van der Waals surface area contributed by atoms with E-state index in [9.17, 15) is 9.59 Å². The summed E-state index contributed by atoms with van der Waals surface area (Å²) in [6.07, 6.45) is 1.71. The number of hydrogen-bond acceptors (Lipinski definition) is 6. The summed E-state index contributed by atoms with van der Waals surface area (Å²) < 4.78 is 5.15. The van der Waals surface area contributed by atoms with Crippen LogP contribution in [0.1, 0.15) is 15.2 Å².